The van der Waals surface area contributed by atoms with Gasteiger partial charge in [-0.05, 0) is 58.9 Å². The maximum absolute atomic E-state index is 6.22. The van der Waals surface area contributed by atoms with Gasteiger partial charge in [-0.2, -0.15) is 0 Å². The molecule has 1 aromatic carbocycles. The SMILES string of the molecule is CCNC(c1ccc(Br)c(Cl)c1)C1CCCCC1. The summed E-state index contributed by atoms with van der Waals surface area (Å²) in [5, 5.41) is 4.45. The maximum atomic E-state index is 6.22. The van der Waals surface area contributed by atoms with Crippen LogP contribution in [0.15, 0.2) is 22.7 Å². The monoisotopic (exact) mass is 329 g/mol. The first-order chi connectivity index (χ1) is 8.72. The molecule has 1 aromatic rings. The minimum atomic E-state index is 0.459. The van der Waals surface area contributed by atoms with Crippen LogP contribution in [0.2, 0.25) is 5.02 Å². The second-order valence-electron chi connectivity index (χ2n) is 5.11. The third-order valence-corrected chi connectivity index (χ3v) is 5.08. The quantitative estimate of drug-likeness (QED) is 0.786. The van der Waals surface area contributed by atoms with Crippen LogP contribution in [-0.4, -0.2) is 6.54 Å². The second-order valence-corrected chi connectivity index (χ2v) is 6.37. The van der Waals surface area contributed by atoms with E-state index in [0.29, 0.717) is 6.04 Å². The summed E-state index contributed by atoms with van der Waals surface area (Å²) in [6, 6.07) is 6.82. The topological polar surface area (TPSA) is 12.0 Å². The smallest absolute Gasteiger partial charge is 0.0551 e. The van der Waals surface area contributed by atoms with E-state index in [1.807, 2.05) is 0 Å². The van der Waals surface area contributed by atoms with Gasteiger partial charge in [0.15, 0.2) is 0 Å². The molecule has 1 fully saturated rings. The van der Waals surface area contributed by atoms with Gasteiger partial charge in [-0.3, -0.25) is 0 Å². The lowest BCUT2D eigenvalue weighted by molar-refractivity contribution is 0.274. The Balaban J connectivity index is 2.19. The van der Waals surface area contributed by atoms with Crippen LogP contribution in [-0.2, 0) is 0 Å². The highest BCUT2D eigenvalue weighted by Gasteiger charge is 2.24. The summed E-state index contributed by atoms with van der Waals surface area (Å²) in [4.78, 5) is 0. The van der Waals surface area contributed by atoms with E-state index >= 15 is 0 Å². The summed E-state index contributed by atoms with van der Waals surface area (Å²) < 4.78 is 0.979. The number of hydrogen-bond donors (Lipinski definition) is 1. The van der Waals surface area contributed by atoms with E-state index in [4.69, 9.17) is 11.6 Å². The normalized spacial score (nSPS) is 18.8. The lowest BCUT2D eigenvalue weighted by Gasteiger charge is -2.31. The number of nitrogens with one attached hydrogen (secondary N) is 1. The second kappa shape index (κ2) is 6.93. The molecule has 1 saturated carbocycles. The molecule has 1 N–H and O–H groups in total. The molecular weight excluding hydrogens is 310 g/mol. The van der Waals surface area contributed by atoms with Crippen molar-refractivity contribution >= 4 is 27.5 Å². The van der Waals surface area contributed by atoms with Gasteiger partial charge in [-0.1, -0.05) is 43.9 Å². The predicted molar refractivity (Wildman–Crippen MR) is 82.1 cm³/mol. The van der Waals surface area contributed by atoms with Gasteiger partial charge in [0.2, 0.25) is 0 Å². The summed E-state index contributed by atoms with van der Waals surface area (Å²) in [6.45, 7) is 3.19. The molecule has 0 aromatic heterocycles. The molecule has 0 heterocycles. The third kappa shape index (κ3) is 3.49. The average Bonchev–Trinajstić information content (AvgIpc) is 2.40. The van der Waals surface area contributed by atoms with Crippen LogP contribution in [0.4, 0.5) is 0 Å². The Morgan fingerprint density at radius 1 is 1.33 bits per heavy atom. The highest BCUT2D eigenvalue weighted by Crippen LogP contribution is 2.36. The van der Waals surface area contributed by atoms with Gasteiger partial charge in [0.05, 0.1) is 5.02 Å². The van der Waals surface area contributed by atoms with Gasteiger partial charge in [0.1, 0.15) is 0 Å². The molecule has 18 heavy (non-hydrogen) atoms. The Labute approximate surface area is 123 Å². The van der Waals surface area contributed by atoms with E-state index in [0.717, 1.165) is 22.0 Å². The first-order valence-corrected chi connectivity index (χ1v) is 8.07. The van der Waals surface area contributed by atoms with Gasteiger partial charge in [0, 0.05) is 10.5 Å². The molecule has 0 bridgehead atoms. The van der Waals surface area contributed by atoms with Crippen molar-refractivity contribution in [1.82, 2.24) is 5.32 Å². The lowest BCUT2D eigenvalue weighted by atomic mass is 9.81. The minimum Gasteiger partial charge on any atom is -0.310 e. The van der Waals surface area contributed by atoms with E-state index in [-0.39, 0.29) is 0 Å². The Morgan fingerprint density at radius 3 is 2.67 bits per heavy atom. The van der Waals surface area contributed by atoms with Crippen LogP contribution < -0.4 is 5.32 Å². The summed E-state index contributed by atoms with van der Waals surface area (Å²) in [7, 11) is 0. The highest BCUT2D eigenvalue weighted by atomic mass is 79.9. The molecule has 1 unspecified atom stereocenters. The Kier molecular flexibility index (Phi) is 5.53. The number of halogens is 2. The molecule has 2 rings (SSSR count). The van der Waals surface area contributed by atoms with Crippen LogP contribution in [0.1, 0.15) is 50.6 Å². The number of benzene rings is 1. The van der Waals surface area contributed by atoms with Crippen LogP contribution in [0.3, 0.4) is 0 Å². The van der Waals surface area contributed by atoms with Gasteiger partial charge in [-0.15, -0.1) is 0 Å². The van der Waals surface area contributed by atoms with Crippen molar-refractivity contribution in [1.29, 1.82) is 0 Å². The standard InChI is InChI=1S/C15H21BrClN/c1-2-18-15(11-6-4-3-5-7-11)12-8-9-13(16)14(17)10-12/h8-11,15,18H,2-7H2,1H3. The van der Waals surface area contributed by atoms with Crippen LogP contribution in [0.25, 0.3) is 0 Å². The van der Waals surface area contributed by atoms with Gasteiger partial charge in [-0.25, -0.2) is 0 Å². The van der Waals surface area contributed by atoms with Crippen LogP contribution in [0.5, 0.6) is 0 Å². The Hall–Kier alpha value is -0.0500. The fraction of sp³-hybridized carbons (Fsp3) is 0.600. The van der Waals surface area contributed by atoms with Crippen molar-refractivity contribution in [2.45, 2.75) is 45.1 Å². The summed E-state index contributed by atoms with van der Waals surface area (Å²) >= 11 is 9.68. The fourth-order valence-electron chi connectivity index (χ4n) is 2.95. The van der Waals surface area contributed by atoms with Gasteiger partial charge >= 0.3 is 0 Å². The largest absolute Gasteiger partial charge is 0.310 e. The fourth-order valence-corrected chi connectivity index (χ4v) is 3.39. The van der Waals surface area contributed by atoms with Crippen molar-refractivity contribution in [2.24, 2.45) is 5.92 Å². The minimum absolute atomic E-state index is 0.459. The molecule has 100 valence electrons. The molecule has 1 atom stereocenters. The van der Waals surface area contributed by atoms with E-state index in [2.05, 4.69) is 46.4 Å². The first-order valence-electron chi connectivity index (χ1n) is 6.90. The lowest BCUT2D eigenvalue weighted by Crippen LogP contribution is -2.29. The molecule has 1 nitrogen and oxygen atoms in total. The molecule has 1 aliphatic rings. The third-order valence-electron chi connectivity index (χ3n) is 3.85. The zero-order chi connectivity index (χ0) is 13.0. The molecule has 3 heteroatoms. The van der Waals surface area contributed by atoms with Crippen molar-refractivity contribution in [2.75, 3.05) is 6.54 Å². The molecule has 0 saturated heterocycles. The van der Waals surface area contributed by atoms with Crippen molar-refractivity contribution in [3.8, 4) is 0 Å². The molecule has 0 aliphatic heterocycles. The Morgan fingerprint density at radius 2 is 2.06 bits per heavy atom. The highest BCUT2D eigenvalue weighted by molar-refractivity contribution is 9.10. The number of rotatable bonds is 4. The van der Waals surface area contributed by atoms with Crippen molar-refractivity contribution in [3.63, 3.8) is 0 Å². The maximum Gasteiger partial charge on any atom is 0.0551 e. The first kappa shape index (κ1) is 14.4. The molecule has 0 spiro atoms. The van der Waals surface area contributed by atoms with Gasteiger partial charge < -0.3 is 5.32 Å². The molecule has 1 aliphatic carbocycles. The van der Waals surface area contributed by atoms with E-state index in [1.54, 1.807) is 0 Å². The summed E-state index contributed by atoms with van der Waals surface area (Å²) in [5.41, 5.74) is 1.33. The predicted octanol–water partition coefficient (Wildman–Crippen LogP) is 5.33. The van der Waals surface area contributed by atoms with Crippen LogP contribution in [0, 0.1) is 5.92 Å². The van der Waals surface area contributed by atoms with Crippen LogP contribution >= 0.6 is 27.5 Å². The van der Waals surface area contributed by atoms with E-state index in [1.165, 1.54) is 37.7 Å². The zero-order valence-electron chi connectivity index (χ0n) is 10.9. The van der Waals surface area contributed by atoms with E-state index in [9.17, 15) is 0 Å². The summed E-state index contributed by atoms with van der Waals surface area (Å²) in [5.74, 6) is 0.760. The Bertz CT molecular complexity index is 388. The van der Waals surface area contributed by atoms with Crippen molar-refractivity contribution in [3.05, 3.63) is 33.3 Å². The molecule has 0 amide bonds. The van der Waals surface area contributed by atoms with E-state index < -0.39 is 0 Å². The molecule has 0 radical (unpaired) electrons. The van der Waals surface area contributed by atoms with Gasteiger partial charge in [0.25, 0.3) is 0 Å². The number of hydrogen-bond acceptors (Lipinski definition) is 1. The summed E-state index contributed by atoms with van der Waals surface area (Å²) in [6.07, 6.45) is 6.82. The molecular formula is C15H21BrClN. The average molecular weight is 331 g/mol. The zero-order valence-corrected chi connectivity index (χ0v) is 13.2. The van der Waals surface area contributed by atoms with Crippen molar-refractivity contribution < 1.29 is 0 Å².